The van der Waals surface area contributed by atoms with Gasteiger partial charge in [0.2, 0.25) is 0 Å². The molecule has 0 spiro atoms. The molecule has 0 amide bonds. The van der Waals surface area contributed by atoms with Gasteiger partial charge in [0.15, 0.2) is 5.96 Å². The zero-order valence-electron chi connectivity index (χ0n) is 13.4. The lowest BCUT2D eigenvalue weighted by Gasteiger charge is -2.36. The fourth-order valence-electron chi connectivity index (χ4n) is 2.03. The molecule has 0 aliphatic carbocycles. The topological polar surface area (TPSA) is 54.9 Å². The molecule has 1 rings (SSSR count). The van der Waals surface area contributed by atoms with Gasteiger partial charge in [-0.2, -0.15) is 11.8 Å². The molecule has 5 nitrogen and oxygen atoms in total. The second-order valence-corrected chi connectivity index (χ2v) is 7.26. The fourth-order valence-corrected chi connectivity index (χ4v) is 2.25. The van der Waals surface area contributed by atoms with Crippen LogP contribution in [-0.4, -0.2) is 63.0 Å². The molecule has 6 heteroatoms. The van der Waals surface area contributed by atoms with Gasteiger partial charge >= 0.3 is 0 Å². The molecular formula is C14H29N3O2S. The van der Waals surface area contributed by atoms with Gasteiger partial charge in [0.25, 0.3) is 0 Å². The van der Waals surface area contributed by atoms with E-state index in [1.54, 1.807) is 14.2 Å². The molecule has 0 aromatic heterocycles. The van der Waals surface area contributed by atoms with Gasteiger partial charge in [-0.25, -0.2) is 0 Å². The van der Waals surface area contributed by atoms with E-state index in [0.717, 1.165) is 45.1 Å². The molecule has 0 atom stereocenters. The van der Waals surface area contributed by atoms with Crippen molar-refractivity contribution in [3.63, 3.8) is 0 Å². The third-order valence-corrected chi connectivity index (χ3v) is 5.12. The van der Waals surface area contributed by atoms with Crippen molar-refractivity contribution in [1.29, 1.82) is 0 Å². The summed E-state index contributed by atoms with van der Waals surface area (Å²) in [5.74, 6) is 0.829. The molecule has 0 radical (unpaired) electrons. The highest BCUT2D eigenvalue weighted by Gasteiger charge is 2.32. The van der Waals surface area contributed by atoms with E-state index in [1.807, 2.05) is 11.8 Å². The van der Waals surface area contributed by atoms with Crippen molar-refractivity contribution in [3.05, 3.63) is 0 Å². The van der Waals surface area contributed by atoms with Crippen LogP contribution in [0.3, 0.4) is 0 Å². The summed E-state index contributed by atoms with van der Waals surface area (Å²) < 4.78 is 11.3. The van der Waals surface area contributed by atoms with Crippen LogP contribution in [0.4, 0.5) is 0 Å². The summed E-state index contributed by atoms with van der Waals surface area (Å²) in [6.07, 6.45) is 3.97. The van der Waals surface area contributed by atoms with Gasteiger partial charge < -0.3 is 20.1 Å². The second-order valence-electron chi connectivity index (χ2n) is 5.74. The number of guanidine groups is 1. The second kappa shape index (κ2) is 8.10. The molecule has 20 heavy (non-hydrogen) atoms. The zero-order chi connectivity index (χ0) is 15.1. The predicted molar refractivity (Wildman–Crippen MR) is 86.8 cm³/mol. The Hall–Kier alpha value is -0.460. The van der Waals surface area contributed by atoms with Gasteiger partial charge in [-0.1, -0.05) is 0 Å². The smallest absolute Gasteiger partial charge is 0.191 e. The number of hydrogen-bond donors (Lipinski definition) is 2. The number of thioether (sulfide) groups is 1. The van der Waals surface area contributed by atoms with Crippen LogP contribution in [0.1, 0.15) is 26.7 Å². The molecule has 0 bridgehead atoms. The van der Waals surface area contributed by atoms with Crippen LogP contribution < -0.4 is 10.6 Å². The first-order valence-electron chi connectivity index (χ1n) is 7.09. The van der Waals surface area contributed by atoms with E-state index in [2.05, 4.69) is 35.7 Å². The SMILES string of the molecule is CN=C(NCC1(OC)CCOCC1)NCC(C)(C)SC. The molecule has 0 saturated carbocycles. The average molecular weight is 303 g/mol. The molecule has 1 aliphatic heterocycles. The molecule has 2 N–H and O–H groups in total. The number of ether oxygens (including phenoxy) is 2. The normalized spacial score (nSPS) is 19.8. The van der Waals surface area contributed by atoms with Gasteiger partial charge in [-0.3, -0.25) is 4.99 Å². The first-order chi connectivity index (χ1) is 9.47. The lowest BCUT2D eigenvalue weighted by atomic mass is 9.94. The van der Waals surface area contributed by atoms with Crippen LogP contribution >= 0.6 is 11.8 Å². The molecule has 1 aliphatic rings. The number of aliphatic imine (C=N–C) groups is 1. The van der Waals surface area contributed by atoms with Gasteiger partial charge in [0, 0.05) is 58.0 Å². The number of methoxy groups -OCH3 is 1. The van der Waals surface area contributed by atoms with E-state index in [-0.39, 0.29) is 10.3 Å². The molecule has 0 aromatic rings. The highest BCUT2D eigenvalue weighted by Crippen LogP contribution is 2.23. The van der Waals surface area contributed by atoms with E-state index >= 15 is 0 Å². The summed E-state index contributed by atoms with van der Waals surface area (Å²) >= 11 is 1.84. The minimum absolute atomic E-state index is 0.134. The first-order valence-corrected chi connectivity index (χ1v) is 8.32. The first kappa shape index (κ1) is 17.6. The van der Waals surface area contributed by atoms with Crippen molar-refractivity contribution in [2.45, 2.75) is 37.0 Å². The molecule has 0 unspecified atom stereocenters. The predicted octanol–water partition coefficient (Wildman–Crippen LogP) is 1.49. The Bertz CT molecular complexity index is 316. The summed E-state index contributed by atoms with van der Waals surface area (Å²) in [5, 5.41) is 6.75. The largest absolute Gasteiger partial charge is 0.381 e. The third kappa shape index (κ3) is 5.50. The fraction of sp³-hybridized carbons (Fsp3) is 0.929. The molecule has 1 fully saturated rings. The number of nitrogens with one attached hydrogen (secondary N) is 2. The van der Waals surface area contributed by atoms with Crippen LogP contribution in [0, 0.1) is 0 Å². The van der Waals surface area contributed by atoms with Crippen LogP contribution in [0.25, 0.3) is 0 Å². The number of nitrogens with zero attached hydrogens (tertiary/aromatic N) is 1. The Balaban J connectivity index is 2.44. The molecule has 1 saturated heterocycles. The number of hydrogen-bond acceptors (Lipinski definition) is 4. The standard InChI is InChI=1S/C14H29N3O2S/c1-13(2,20-5)10-16-12(15-3)17-11-14(18-4)6-8-19-9-7-14/h6-11H2,1-5H3,(H2,15,16,17). The van der Waals surface area contributed by atoms with E-state index in [1.165, 1.54) is 0 Å². The summed E-state index contributed by atoms with van der Waals surface area (Å²) in [6.45, 7) is 7.59. The maximum Gasteiger partial charge on any atom is 0.191 e. The quantitative estimate of drug-likeness (QED) is 0.575. The summed E-state index contributed by atoms with van der Waals surface area (Å²) in [5.41, 5.74) is -0.134. The maximum atomic E-state index is 5.71. The Labute approximate surface area is 127 Å². The maximum absolute atomic E-state index is 5.71. The van der Waals surface area contributed by atoms with Gasteiger partial charge in [0.1, 0.15) is 0 Å². The summed E-state index contributed by atoms with van der Waals surface area (Å²) in [4.78, 5) is 4.27. The van der Waals surface area contributed by atoms with Crippen LogP contribution in [0.15, 0.2) is 4.99 Å². The van der Waals surface area contributed by atoms with Gasteiger partial charge in [0.05, 0.1) is 5.60 Å². The van der Waals surface area contributed by atoms with Crippen LogP contribution in [0.5, 0.6) is 0 Å². The van der Waals surface area contributed by atoms with Gasteiger partial charge in [-0.15, -0.1) is 0 Å². The minimum Gasteiger partial charge on any atom is -0.381 e. The summed E-state index contributed by atoms with van der Waals surface area (Å²) in [7, 11) is 3.57. The van der Waals surface area contributed by atoms with Crippen molar-refractivity contribution in [3.8, 4) is 0 Å². The molecule has 118 valence electrons. The van der Waals surface area contributed by atoms with E-state index in [0.29, 0.717) is 0 Å². The zero-order valence-corrected chi connectivity index (χ0v) is 14.2. The molecule has 1 heterocycles. The van der Waals surface area contributed by atoms with E-state index < -0.39 is 0 Å². The van der Waals surface area contributed by atoms with Crippen LogP contribution in [0.2, 0.25) is 0 Å². The highest BCUT2D eigenvalue weighted by molar-refractivity contribution is 7.99. The van der Waals surface area contributed by atoms with Crippen molar-refractivity contribution < 1.29 is 9.47 Å². The van der Waals surface area contributed by atoms with E-state index in [9.17, 15) is 0 Å². The van der Waals surface area contributed by atoms with Gasteiger partial charge in [-0.05, 0) is 20.1 Å². The van der Waals surface area contributed by atoms with Crippen molar-refractivity contribution >= 4 is 17.7 Å². The van der Waals surface area contributed by atoms with Crippen molar-refractivity contribution in [1.82, 2.24) is 10.6 Å². The highest BCUT2D eigenvalue weighted by atomic mass is 32.2. The Kier molecular flexibility index (Phi) is 7.12. The molecule has 0 aromatic carbocycles. The van der Waals surface area contributed by atoms with E-state index in [4.69, 9.17) is 9.47 Å². The lowest BCUT2D eigenvalue weighted by molar-refractivity contribution is -0.0855. The van der Waals surface area contributed by atoms with Crippen molar-refractivity contribution in [2.75, 3.05) is 46.7 Å². The third-order valence-electron chi connectivity index (χ3n) is 3.87. The summed E-state index contributed by atoms with van der Waals surface area (Å²) in [6, 6.07) is 0. The average Bonchev–Trinajstić information content (AvgIpc) is 2.48. The Morgan fingerprint density at radius 1 is 1.35 bits per heavy atom. The monoisotopic (exact) mass is 303 g/mol. The Morgan fingerprint density at radius 2 is 2.00 bits per heavy atom. The number of rotatable bonds is 6. The molecular weight excluding hydrogens is 274 g/mol. The van der Waals surface area contributed by atoms with Crippen molar-refractivity contribution in [2.24, 2.45) is 4.99 Å². The lowest BCUT2D eigenvalue weighted by Crippen LogP contribution is -2.52. The minimum atomic E-state index is -0.134. The van der Waals surface area contributed by atoms with Crippen LogP contribution in [-0.2, 0) is 9.47 Å². The Morgan fingerprint density at radius 3 is 2.50 bits per heavy atom.